The second kappa shape index (κ2) is 8.93. The predicted octanol–water partition coefficient (Wildman–Crippen LogP) is 4.04. The van der Waals surface area contributed by atoms with Crippen LogP contribution in [-0.2, 0) is 24.1 Å². The van der Waals surface area contributed by atoms with Gasteiger partial charge in [0.2, 0.25) is 5.91 Å². The maximum atomic E-state index is 13.2. The molecule has 11 heteroatoms. The van der Waals surface area contributed by atoms with Gasteiger partial charge in [-0.25, -0.2) is 9.48 Å². The second-order valence-electron chi connectivity index (χ2n) is 7.64. The Morgan fingerprint density at radius 3 is 2.64 bits per heavy atom. The summed E-state index contributed by atoms with van der Waals surface area (Å²) in [6.45, 7) is -0.764. The van der Waals surface area contributed by atoms with Crippen molar-refractivity contribution in [3.8, 4) is 17.1 Å². The monoisotopic (exact) mass is 480 g/mol. The molecular formula is C22H20ClF3N4O3. The van der Waals surface area contributed by atoms with Gasteiger partial charge >= 0.3 is 11.9 Å². The number of hydrogen-bond acceptors (Lipinski definition) is 4. The third kappa shape index (κ3) is 4.90. The Bertz CT molecular complexity index is 1250. The van der Waals surface area contributed by atoms with Crippen LogP contribution in [0.1, 0.15) is 30.0 Å². The number of carbonyl (C=O) groups excluding carboxylic acids is 1. The zero-order chi connectivity index (χ0) is 23.8. The third-order valence-corrected chi connectivity index (χ3v) is 5.51. The highest BCUT2D eigenvalue weighted by atomic mass is 35.5. The van der Waals surface area contributed by atoms with Crippen molar-refractivity contribution in [2.24, 2.45) is 0 Å². The van der Waals surface area contributed by atoms with Gasteiger partial charge in [0.05, 0.1) is 18.2 Å². The van der Waals surface area contributed by atoms with E-state index in [9.17, 15) is 22.8 Å². The summed E-state index contributed by atoms with van der Waals surface area (Å²) in [7, 11) is 1.47. The van der Waals surface area contributed by atoms with Crippen LogP contribution in [0.5, 0.6) is 5.75 Å². The van der Waals surface area contributed by atoms with E-state index in [1.165, 1.54) is 29.9 Å². The fourth-order valence-corrected chi connectivity index (χ4v) is 3.72. The van der Waals surface area contributed by atoms with E-state index >= 15 is 0 Å². The van der Waals surface area contributed by atoms with Gasteiger partial charge in [0, 0.05) is 17.6 Å². The average Bonchev–Trinajstić information content (AvgIpc) is 3.56. The maximum Gasteiger partial charge on any atom is 0.416 e. The van der Waals surface area contributed by atoms with E-state index in [4.69, 9.17) is 16.3 Å². The number of nitrogens with zero attached hydrogens (tertiary/aromatic N) is 3. The number of hydrogen-bond donors (Lipinski definition) is 1. The smallest absolute Gasteiger partial charge is 0.416 e. The molecule has 0 bridgehead atoms. The normalized spacial score (nSPS) is 13.7. The average molecular weight is 481 g/mol. The van der Waals surface area contributed by atoms with Crippen LogP contribution >= 0.6 is 11.6 Å². The quantitative estimate of drug-likeness (QED) is 0.553. The first-order valence-corrected chi connectivity index (χ1v) is 10.5. The molecule has 174 valence electrons. The van der Waals surface area contributed by atoms with E-state index in [0.717, 1.165) is 23.6 Å². The molecular weight excluding hydrogens is 461 g/mol. The number of aromatic nitrogens is 3. The summed E-state index contributed by atoms with van der Waals surface area (Å²) in [4.78, 5) is 25.4. The predicted molar refractivity (Wildman–Crippen MR) is 115 cm³/mol. The third-order valence-electron chi connectivity index (χ3n) is 5.28. The topological polar surface area (TPSA) is 78.2 Å². The van der Waals surface area contributed by atoms with Crippen LogP contribution in [0.25, 0.3) is 11.4 Å². The molecule has 0 spiro atoms. The van der Waals surface area contributed by atoms with Gasteiger partial charge < -0.3 is 10.1 Å². The molecule has 1 aliphatic carbocycles. The van der Waals surface area contributed by atoms with Crippen LogP contribution in [0.2, 0.25) is 5.02 Å². The van der Waals surface area contributed by atoms with Gasteiger partial charge in [-0.3, -0.25) is 9.36 Å². The summed E-state index contributed by atoms with van der Waals surface area (Å²) in [6.07, 6.45) is -2.93. The fraction of sp³-hybridized carbons (Fsp3) is 0.318. The highest BCUT2D eigenvalue weighted by Crippen LogP contribution is 2.39. The Morgan fingerprint density at radius 1 is 1.24 bits per heavy atom. The number of benzene rings is 2. The van der Waals surface area contributed by atoms with Crippen molar-refractivity contribution in [2.45, 2.75) is 38.1 Å². The van der Waals surface area contributed by atoms with Gasteiger partial charge in [0.15, 0.2) is 5.82 Å². The summed E-state index contributed by atoms with van der Waals surface area (Å²) in [5, 5.41) is 7.23. The second-order valence-corrected chi connectivity index (χ2v) is 8.08. The number of rotatable bonds is 7. The molecule has 1 fully saturated rings. The number of amides is 1. The van der Waals surface area contributed by atoms with Gasteiger partial charge in [-0.15, -0.1) is 5.10 Å². The van der Waals surface area contributed by atoms with Crippen molar-refractivity contribution in [3.05, 3.63) is 69.1 Å². The molecule has 0 aliphatic heterocycles. The molecule has 3 aromatic rings. The molecule has 1 N–H and O–H groups in total. The lowest BCUT2D eigenvalue weighted by Crippen LogP contribution is -2.33. The number of alkyl halides is 3. The van der Waals surface area contributed by atoms with Gasteiger partial charge in [0.1, 0.15) is 12.3 Å². The van der Waals surface area contributed by atoms with E-state index < -0.39 is 29.9 Å². The van der Waals surface area contributed by atoms with Crippen LogP contribution in [0.15, 0.2) is 47.3 Å². The standard InChI is InChI=1S/C22H20ClF3N4O3/c1-33-18-10-14(23)6-9-16(18)20-28-29(21(32)30(20)15-7-8-15)12-19(31)27-11-13-4-2-3-5-17(13)22(24,25)26/h2-6,9-10,15H,7-8,11-12H2,1H3,(H,27,31). The van der Waals surface area contributed by atoms with E-state index in [1.807, 2.05) is 0 Å². The lowest BCUT2D eigenvalue weighted by Gasteiger charge is -2.13. The Balaban J connectivity index is 1.57. The van der Waals surface area contributed by atoms with E-state index in [-0.39, 0.29) is 18.2 Å². The summed E-state index contributed by atoms with van der Waals surface area (Å²) in [5.41, 5.74) is -0.821. The molecule has 1 aliphatic rings. The summed E-state index contributed by atoms with van der Waals surface area (Å²) in [6, 6.07) is 9.88. The van der Waals surface area contributed by atoms with E-state index in [1.54, 1.807) is 18.2 Å². The number of nitrogens with one attached hydrogen (secondary N) is 1. The van der Waals surface area contributed by atoms with Gasteiger partial charge in [0.25, 0.3) is 0 Å². The van der Waals surface area contributed by atoms with Crippen molar-refractivity contribution in [3.63, 3.8) is 0 Å². The molecule has 1 amide bonds. The SMILES string of the molecule is COc1cc(Cl)ccc1-c1nn(CC(=O)NCc2ccccc2C(F)(F)F)c(=O)n1C1CC1. The number of methoxy groups -OCH3 is 1. The van der Waals surface area contributed by atoms with E-state index in [0.29, 0.717) is 22.2 Å². The zero-order valence-electron chi connectivity index (χ0n) is 17.5. The van der Waals surface area contributed by atoms with E-state index in [2.05, 4.69) is 10.4 Å². The van der Waals surface area contributed by atoms with Crippen molar-refractivity contribution in [1.82, 2.24) is 19.7 Å². The summed E-state index contributed by atoms with van der Waals surface area (Å²) >= 11 is 6.03. The number of halogens is 4. The summed E-state index contributed by atoms with van der Waals surface area (Å²) < 4.78 is 47.4. The minimum Gasteiger partial charge on any atom is -0.496 e. The number of ether oxygens (including phenoxy) is 1. The molecule has 33 heavy (non-hydrogen) atoms. The highest BCUT2D eigenvalue weighted by molar-refractivity contribution is 6.30. The molecule has 0 atom stereocenters. The molecule has 1 aromatic heterocycles. The summed E-state index contributed by atoms with van der Waals surface area (Å²) in [5.74, 6) is 0.130. The molecule has 0 radical (unpaired) electrons. The van der Waals surface area contributed by atoms with Crippen LogP contribution in [0, 0.1) is 0 Å². The first kappa shape index (κ1) is 22.9. The highest BCUT2D eigenvalue weighted by Gasteiger charge is 2.33. The van der Waals surface area contributed by atoms with Gasteiger partial charge in [-0.05, 0) is 42.7 Å². The van der Waals surface area contributed by atoms with Crippen LogP contribution < -0.4 is 15.7 Å². The minimum atomic E-state index is -4.53. The fourth-order valence-electron chi connectivity index (χ4n) is 3.56. The first-order valence-electron chi connectivity index (χ1n) is 10.1. The molecule has 7 nitrogen and oxygen atoms in total. The van der Waals surface area contributed by atoms with Crippen molar-refractivity contribution in [2.75, 3.05) is 7.11 Å². The zero-order valence-corrected chi connectivity index (χ0v) is 18.3. The van der Waals surface area contributed by atoms with Crippen LogP contribution in [0.4, 0.5) is 13.2 Å². The number of carbonyl (C=O) groups is 1. The molecule has 4 rings (SSSR count). The molecule has 1 saturated carbocycles. The first-order chi connectivity index (χ1) is 15.7. The largest absolute Gasteiger partial charge is 0.496 e. The molecule has 0 saturated heterocycles. The molecule has 1 heterocycles. The van der Waals surface area contributed by atoms with Crippen molar-refractivity contribution >= 4 is 17.5 Å². The lowest BCUT2D eigenvalue weighted by molar-refractivity contribution is -0.138. The Labute approximate surface area is 191 Å². The minimum absolute atomic E-state index is 0.0386. The van der Waals surface area contributed by atoms with Gasteiger partial charge in [-0.2, -0.15) is 13.2 Å². The van der Waals surface area contributed by atoms with Crippen molar-refractivity contribution in [1.29, 1.82) is 0 Å². The Hall–Kier alpha value is -3.27. The van der Waals surface area contributed by atoms with Gasteiger partial charge in [-0.1, -0.05) is 29.8 Å². The molecule has 2 aromatic carbocycles. The van der Waals surface area contributed by atoms with Crippen LogP contribution in [-0.4, -0.2) is 27.4 Å². The Kier molecular flexibility index (Phi) is 6.20. The van der Waals surface area contributed by atoms with Crippen molar-refractivity contribution < 1.29 is 22.7 Å². The Morgan fingerprint density at radius 2 is 1.97 bits per heavy atom. The van der Waals surface area contributed by atoms with Crippen LogP contribution in [0.3, 0.4) is 0 Å². The lowest BCUT2D eigenvalue weighted by atomic mass is 10.1. The molecule has 0 unspecified atom stereocenters. The maximum absolute atomic E-state index is 13.2.